The summed E-state index contributed by atoms with van der Waals surface area (Å²) in [7, 11) is 1.38. The Balaban J connectivity index is 1.45. The van der Waals surface area contributed by atoms with E-state index in [4.69, 9.17) is 14.2 Å². The zero-order valence-electron chi connectivity index (χ0n) is 17.9. The maximum Gasteiger partial charge on any atom is 0.314 e. The fraction of sp³-hybridized carbons (Fsp3) is 0.542. The first-order valence-electron chi connectivity index (χ1n) is 10.9. The van der Waals surface area contributed by atoms with Crippen LogP contribution >= 0.6 is 0 Å². The number of esters is 3. The van der Waals surface area contributed by atoms with Gasteiger partial charge < -0.3 is 19.3 Å². The van der Waals surface area contributed by atoms with Crippen LogP contribution in [0.4, 0.5) is 0 Å². The summed E-state index contributed by atoms with van der Waals surface area (Å²) in [5, 5.41) is 9.49. The first-order valence-corrected chi connectivity index (χ1v) is 10.9. The van der Waals surface area contributed by atoms with E-state index in [0.717, 1.165) is 12.8 Å². The Morgan fingerprint density at radius 2 is 1.03 bits per heavy atom. The maximum atomic E-state index is 12.4. The van der Waals surface area contributed by atoms with Gasteiger partial charge in [0.05, 0.1) is 30.6 Å². The van der Waals surface area contributed by atoms with Crippen molar-refractivity contribution in [3.05, 3.63) is 36.6 Å². The minimum Gasteiger partial charge on any atom is -0.513 e. The molecule has 31 heavy (non-hydrogen) atoms. The highest BCUT2D eigenvalue weighted by Crippen LogP contribution is 2.33. The van der Waals surface area contributed by atoms with Gasteiger partial charge in [-0.1, -0.05) is 6.58 Å². The molecule has 0 heterocycles. The lowest BCUT2D eigenvalue weighted by molar-refractivity contribution is -0.149. The van der Waals surface area contributed by atoms with Crippen molar-refractivity contribution in [3.63, 3.8) is 0 Å². The molecule has 0 spiro atoms. The van der Waals surface area contributed by atoms with E-state index >= 15 is 0 Å². The van der Waals surface area contributed by atoms with Crippen molar-refractivity contribution < 1.29 is 33.7 Å². The van der Waals surface area contributed by atoms with Crippen LogP contribution in [0.25, 0.3) is 0 Å². The number of allylic oxidation sites excluding steroid dienone is 1. The molecule has 0 atom stereocenters. The van der Waals surface area contributed by atoms with Crippen LogP contribution in [0.1, 0.15) is 51.4 Å². The predicted molar refractivity (Wildman–Crippen MR) is 112 cm³/mol. The van der Waals surface area contributed by atoms with Gasteiger partial charge >= 0.3 is 17.9 Å². The molecule has 1 aromatic rings. The van der Waals surface area contributed by atoms with Crippen LogP contribution in [-0.2, 0) is 19.1 Å². The van der Waals surface area contributed by atoms with E-state index in [1.807, 2.05) is 0 Å². The normalized spacial score (nSPS) is 25.8. The lowest BCUT2D eigenvalue weighted by atomic mass is 9.81. The van der Waals surface area contributed by atoms with E-state index in [1.54, 1.807) is 24.3 Å². The van der Waals surface area contributed by atoms with Gasteiger partial charge in [0.25, 0.3) is 0 Å². The number of rotatable bonds is 6. The second-order valence-corrected chi connectivity index (χ2v) is 8.43. The van der Waals surface area contributed by atoms with Crippen molar-refractivity contribution in [2.75, 3.05) is 7.11 Å². The summed E-state index contributed by atoms with van der Waals surface area (Å²) in [6, 6.07) is 6.42. The van der Waals surface area contributed by atoms with Gasteiger partial charge in [-0.25, -0.2) is 0 Å². The molecule has 168 valence electrons. The molecule has 0 aliphatic heterocycles. The summed E-state index contributed by atoms with van der Waals surface area (Å²) < 4.78 is 15.7. The van der Waals surface area contributed by atoms with Gasteiger partial charge in [0.1, 0.15) is 11.5 Å². The van der Waals surface area contributed by atoms with Crippen LogP contribution in [0.5, 0.6) is 11.5 Å². The highest BCUT2D eigenvalue weighted by atomic mass is 16.5. The Morgan fingerprint density at radius 1 is 0.710 bits per heavy atom. The number of carbonyl (C=O) groups is 3. The molecule has 1 N–H and O–H groups in total. The van der Waals surface area contributed by atoms with E-state index in [9.17, 15) is 19.5 Å². The molecule has 2 aliphatic rings. The van der Waals surface area contributed by atoms with E-state index < -0.39 is 0 Å². The third kappa shape index (κ3) is 6.09. The number of benzene rings is 1. The molecule has 0 unspecified atom stereocenters. The first kappa shape index (κ1) is 22.8. The van der Waals surface area contributed by atoms with Gasteiger partial charge in [0, 0.05) is 5.92 Å². The maximum absolute atomic E-state index is 12.4. The van der Waals surface area contributed by atoms with E-state index in [2.05, 4.69) is 6.58 Å². The number of carbonyl (C=O) groups excluding carboxylic acids is 3. The van der Waals surface area contributed by atoms with Crippen molar-refractivity contribution in [1.29, 1.82) is 0 Å². The smallest absolute Gasteiger partial charge is 0.314 e. The van der Waals surface area contributed by atoms with Crippen LogP contribution in [0, 0.1) is 23.7 Å². The van der Waals surface area contributed by atoms with E-state index in [-0.39, 0.29) is 47.3 Å². The lowest BCUT2D eigenvalue weighted by Crippen LogP contribution is -2.29. The summed E-state index contributed by atoms with van der Waals surface area (Å²) >= 11 is 0. The number of aliphatic hydroxyl groups is 1. The fourth-order valence-electron chi connectivity index (χ4n) is 4.37. The SMILES string of the molecule is C=C(O)C1CCC(C(=O)Oc2ccc(OC(=O)C3CCC(C(=O)OC)CC3)cc2)CC1. The summed E-state index contributed by atoms with van der Waals surface area (Å²) in [5.74, 6) is -0.327. The molecule has 0 saturated heterocycles. The summed E-state index contributed by atoms with van der Waals surface area (Å²) in [6.07, 6.45) is 5.22. The zero-order chi connectivity index (χ0) is 22.4. The molecule has 0 amide bonds. The molecule has 2 aliphatic carbocycles. The Labute approximate surface area is 182 Å². The Bertz CT molecular complexity index is 798. The van der Waals surface area contributed by atoms with Crippen molar-refractivity contribution in [2.24, 2.45) is 23.7 Å². The largest absolute Gasteiger partial charge is 0.513 e. The quantitative estimate of drug-likeness (QED) is 0.407. The monoisotopic (exact) mass is 430 g/mol. The lowest BCUT2D eigenvalue weighted by Gasteiger charge is -2.26. The molecule has 2 saturated carbocycles. The Morgan fingerprint density at radius 3 is 1.35 bits per heavy atom. The van der Waals surface area contributed by atoms with Crippen molar-refractivity contribution in [2.45, 2.75) is 51.4 Å². The standard InChI is InChI=1S/C24H30O7/c1-15(25)16-3-5-18(6-4-16)23(27)30-20-11-13-21(14-12-20)31-24(28)19-9-7-17(8-10-19)22(26)29-2/h11-14,16-19,25H,1,3-10H2,2H3. The van der Waals surface area contributed by atoms with Crippen molar-refractivity contribution in [3.8, 4) is 11.5 Å². The van der Waals surface area contributed by atoms with Gasteiger partial charge in [-0.15, -0.1) is 0 Å². The van der Waals surface area contributed by atoms with Gasteiger partial charge in [0.15, 0.2) is 0 Å². The fourth-order valence-corrected chi connectivity index (χ4v) is 4.37. The molecule has 0 radical (unpaired) electrons. The minimum atomic E-state index is -0.310. The summed E-state index contributed by atoms with van der Waals surface area (Å²) in [4.78, 5) is 36.4. The molecule has 3 rings (SSSR count). The topological polar surface area (TPSA) is 99.1 Å². The predicted octanol–water partition coefficient (Wildman–Crippen LogP) is 4.35. The Kier molecular flexibility index (Phi) is 7.71. The minimum absolute atomic E-state index is 0.0635. The molecule has 0 aromatic heterocycles. The van der Waals surface area contributed by atoms with Crippen molar-refractivity contribution >= 4 is 17.9 Å². The van der Waals surface area contributed by atoms with Crippen LogP contribution in [0.15, 0.2) is 36.6 Å². The average Bonchev–Trinajstić information content (AvgIpc) is 2.80. The van der Waals surface area contributed by atoms with Crippen LogP contribution in [-0.4, -0.2) is 30.1 Å². The van der Waals surface area contributed by atoms with Crippen LogP contribution in [0.3, 0.4) is 0 Å². The number of methoxy groups -OCH3 is 1. The van der Waals surface area contributed by atoms with Gasteiger partial charge in [-0.05, 0) is 75.6 Å². The molecule has 0 bridgehead atoms. The molecule has 1 aromatic carbocycles. The molecular weight excluding hydrogens is 400 g/mol. The Hall–Kier alpha value is -2.83. The average molecular weight is 430 g/mol. The molecule has 7 heteroatoms. The molecule has 7 nitrogen and oxygen atoms in total. The second kappa shape index (κ2) is 10.5. The van der Waals surface area contributed by atoms with E-state index in [0.29, 0.717) is 50.0 Å². The second-order valence-electron chi connectivity index (χ2n) is 8.43. The number of ether oxygens (including phenoxy) is 3. The highest BCUT2D eigenvalue weighted by Gasteiger charge is 2.32. The molecule has 2 fully saturated rings. The first-order chi connectivity index (χ1) is 14.9. The number of aliphatic hydroxyl groups excluding tert-OH is 1. The third-order valence-electron chi connectivity index (χ3n) is 6.39. The van der Waals surface area contributed by atoms with Crippen molar-refractivity contribution in [1.82, 2.24) is 0 Å². The number of hydrogen-bond donors (Lipinski definition) is 1. The van der Waals surface area contributed by atoms with Gasteiger partial charge in [-0.2, -0.15) is 0 Å². The van der Waals surface area contributed by atoms with E-state index in [1.165, 1.54) is 7.11 Å². The number of hydrogen-bond acceptors (Lipinski definition) is 7. The summed E-state index contributed by atoms with van der Waals surface area (Å²) in [5.41, 5.74) is 0. The zero-order valence-corrected chi connectivity index (χ0v) is 17.9. The third-order valence-corrected chi connectivity index (χ3v) is 6.39. The van der Waals surface area contributed by atoms with Crippen LogP contribution in [0.2, 0.25) is 0 Å². The molecular formula is C24H30O7. The highest BCUT2D eigenvalue weighted by molar-refractivity contribution is 5.77. The van der Waals surface area contributed by atoms with Crippen LogP contribution < -0.4 is 9.47 Å². The van der Waals surface area contributed by atoms with Gasteiger partial charge in [-0.3, -0.25) is 14.4 Å². The summed E-state index contributed by atoms with van der Waals surface area (Å²) in [6.45, 7) is 3.57. The van der Waals surface area contributed by atoms with Gasteiger partial charge in [0.2, 0.25) is 0 Å².